The highest BCUT2D eigenvalue weighted by molar-refractivity contribution is 7.92. The third kappa shape index (κ3) is 3.95. The number of rotatable bonds is 5. The maximum absolute atomic E-state index is 14.0. The Morgan fingerprint density at radius 2 is 1.64 bits per heavy atom. The van der Waals surface area contributed by atoms with Crippen molar-refractivity contribution in [3.05, 3.63) is 47.8 Å². The first-order valence-electron chi connectivity index (χ1n) is 6.70. The molecule has 0 aliphatic heterocycles. The Morgan fingerprint density at radius 1 is 1.00 bits per heavy atom. The molecule has 0 spiro atoms. The molecule has 0 aliphatic rings. The minimum atomic E-state index is -4.95. The van der Waals surface area contributed by atoms with E-state index in [-0.39, 0.29) is 16.4 Å². The van der Waals surface area contributed by atoms with Crippen molar-refractivity contribution in [3.8, 4) is 11.5 Å². The first-order chi connectivity index (χ1) is 11.6. The molecule has 0 aliphatic carbocycles. The van der Waals surface area contributed by atoms with Crippen LogP contribution in [-0.4, -0.2) is 22.6 Å². The van der Waals surface area contributed by atoms with E-state index in [0.29, 0.717) is 6.07 Å². The second kappa shape index (κ2) is 6.79. The monoisotopic (exact) mass is 379 g/mol. The van der Waals surface area contributed by atoms with Gasteiger partial charge in [0.1, 0.15) is 0 Å². The van der Waals surface area contributed by atoms with Crippen molar-refractivity contribution in [2.24, 2.45) is 0 Å². The molecule has 0 fully saturated rings. The third-order valence-corrected chi connectivity index (χ3v) is 4.58. The van der Waals surface area contributed by atoms with Crippen molar-refractivity contribution in [2.75, 3.05) is 18.9 Å². The van der Waals surface area contributed by atoms with Crippen LogP contribution in [0.25, 0.3) is 0 Å². The zero-order valence-corrected chi connectivity index (χ0v) is 13.8. The molecule has 0 saturated heterocycles. The van der Waals surface area contributed by atoms with Gasteiger partial charge in [-0.15, -0.1) is 0 Å². The van der Waals surface area contributed by atoms with Crippen LogP contribution in [0.1, 0.15) is 5.56 Å². The standard InChI is InChI=1S/C15H13F4NO4S/c1-23-12-7-6-9(8-13(12)24-2)25(21,22)20-11-5-3-4-10(14(11)16)15(17,18)19/h3-8,20H,1-2H3. The van der Waals surface area contributed by atoms with E-state index in [4.69, 9.17) is 9.47 Å². The van der Waals surface area contributed by atoms with Crippen LogP contribution in [0.2, 0.25) is 0 Å². The predicted octanol–water partition coefficient (Wildman–Crippen LogP) is 3.66. The number of methoxy groups -OCH3 is 2. The van der Waals surface area contributed by atoms with Crippen molar-refractivity contribution in [1.29, 1.82) is 0 Å². The van der Waals surface area contributed by atoms with Gasteiger partial charge in [-0.25, -0.2) is 12.8 Å². The number of ether oxygens (including phenoxy) is 2. The van der Waals surface area contributed by atoms with Gasteiger partial charge in [-0.2, -0.15) is 13.2 Å². The van der Waals surface area contributed by atoms with Gasteiger partial charge in [-0.3, -0.25) is 4.72 Å². The second-order valence-electron chi connectivity index (χ2n) is 4.79. The summed E-state index contributed by atoms with van der Waals surface area (Å²) in [6.45, 7) is 0. The third-order valence-electron chi connectivity index (χ3n) is 3.21. The Balaban J connectivity index is 2.43. The smallest absolute Gasteiger partial charge is 0.419 e. The maximum atomic E-state index is 14.0. The summed E-state index contributed by atoms with van der Waals surface area (Å²) in [5.74, 6) is -1.36. The summed E-state index contributed by atoms with van der Waals surface area (Å²) in [4.78, 5) is -0.332. The van der Waals surface area contributed by atoms with Gasteiger partial charge in [0.15, 0.2) is 17.3 Å². The fraction of sp³-hybridized carbons (Fsp3) is 0.200. The summed E-state index contributed by atoms with van der Waals surface area (Å²) in [5.41, 5.74) is -2.38. The zero-order chi connectivity index (χ0) is 18.8. The molecule has 0 amide bonds. The van der Waals surface area contributed by atoms with Crippen LogP contribution < -0.4 is 14.2 Å². The van der Waals surface area contributed by atoms with Crippen molar-refractivity contribution >= 4 is 15.7 Å². The van der Waals surface area contributed by atoms with E-state index in [2.05, 4.69) is 0 Å². The van der Waals surface area contributed by atoms with E-state index in [1.165, 1.54) is 20.3 Å². The zero-order valence-electron chi connectivity index (χ0n) is 13.0. The van der Waals surface area contributed by atoms with Crippen molar-refractivity contribution < 1.29 is 35.5 Å². The second-order valence-corrected chi connectivity index (χ2v) is 6.47. The number of sulfonamides is 1. The molecule has 0 heterocycles. The summed E-state index contributed by atoms with van der Waals surface area (Å²) < 4.78 is 88.5. The summed E-state index contributed by atoms with van der Waals surface area (Å²) in [5, 5.41) is 0. The molecule has 2 aromatic carbocycles. The summed E-state index contributed by atoms with van der Waals surface area (Å²) in [7, 11) is -1.71. The molecule has 5 nitrogen and oxygen atoms in total. The van der Waals surface area contributed by atoms with Gasteiger partial charge in [0.25, 0.3) is 10.0 Å². The molecule has 2 rings (SSSR count). The van der Waals surface area contributed by atoms with Crippen LogP contribution in [0.3, 0.4) is 0 Å². The first-order valence-corrected chi connectivity index (χ1v) is 8.19. The fourth-order valence-corrected chi connectivity index (χ4v) is 3.09. The quantitative estimate of drug-likeness (QED) is 0.806. The molecule has 0 saturated carbocycles. The topological polar surface area (TPSA) is 64.6 Å². The Kier molecular flexibility index (Phi) is 5.12. The molecule has 0 aromatic heterocycles. The molecular weight excluding hydrogens is 366 g/mol. The molecule has 1 N–H and O–H groups in total. The van der Waals surface area contributed by atoms with Crippen molar-refractivity contribution in [2.45, 2.75) is 11.1 Å². The van der Waals surface area contributed by atoms with Gasteiger partial charge < -0.3 is 9.47 Å². The van der Waals surface area contributed by atoms with Gasteiger partial charge in [0.2, 0.25) is 0 Å². The van der Waals surface area contributed by atoms with Crippen LogP contribution in [-0.2, 0) is 16.2 Å². The average molecular weight is 379 g/mol. The largest absolute Gasteiger partial charge is 0.493 e. The highest BCUT2D eigenvalue weighted by Crippen LogP contribution is 2.35. The van der Waals surface area contributed by atoms with Gasteiger partial charge in [-0.05, 0) is 24.3 Å². The lowest BCUT2D eigenvalue weighted by Gasteiger charge is -2.14. The van der Waals surface area contributed by atoms with Crippen molar-refractivity contribution in [3.63, 3.8) is 0 Å². The Bertz CT molecular complexity index is 882. The minimum Gasteiger partial charge on any atom is -0.493 e. The Labute approximate surface area is 141 Å². The number of hydrogen-bond donors (Lipinski definition) is 1. The molecule has 136 valence electrons. The number of halogens is 4. The maximum Gasteiger partial charge on any atom is 0.419 e. The van der Waals surface area contributed by atoms with Crippen LogP contribution >= 0.6 is 0 Å². The van der Waals surface area contributed by atoms with E-state index >= 15 is 0 Å². The fourth-order valence-electron chi connectivity index (χ4n) is 2.02. The van der Waals surface area contributed by atoms with Gasteiger partial charge >= 0.3 is 6.18 Å². The lowest BCUT2D eigenvalue weighted by atomic mass is 10.2. The number of alkyl halides is 3. The van der Waals surface area contributed by atoms with Crippen LogP contribution in [0.5, 0.6) is 11.5 Å². The van der Waals surface area contributed by atoms with Crippen LogP contribution in [0.4, 0.5) is 23.2 Å². The molecule has 0 unspecified atom stereocenters. The van der Waals surface area contributed by atoms with E-state index in [0.717, 1.165) is 24.3 Å². The molecule has 10 heteroatoms. The van der Waals surface area contributed by atoms with Gasteiger partial charge in [0.05, 0.1) is 30.4 Å². The van der Waals surface area contributed by atoms with Crippen molar-refractivity contribution in [1.82, 2.24) is 0 Å². The first kappa shape index (κ1) is 18.8. The van der Waals surface area contributed by atoms with E-state index < -0.39 is 33.3 Å². The Hall–Kier alpha value is -2.49. The molecule has 0 atom stereocenters. The lowest BCUT2D eigenvalue weighted by molar-refractivity contribution is -0.139. The number of anilines is 1. The van der Waals surface area contributed by atoms with E-state index in [9.17, 15) is 26.0 Å². The Morgan fingerprint density at radius 3 is 2.20 bits per heavy atom. The molecule has 0 bridgehead atoms. The van der Waals surface area contributed by atoms with E-state index in [1.54, 1.807) is 4.72 Å². The summed E-state index contributed by atoms with van der Waals surface area (Å²) in [6.07, 6.45) is -4.95. The lowest BCUT2D eigenvalue weighted by Crippen LogP contribution is -2.16. The summed E-state index contributed by atoms with van der Waals surface area (Å²) in [6, 6.07) is 5.86. The highest BCUT2D eigenvalue weighted by atomic mass is 32.2. The van der Waals surface area contributed by atoms with E-state index in [1.807, 2.05) is 0 Å². The summed E-state index contributed by atoms with van der Waals surface area (Å²) >= 11 is 0. The highest BCUT2D eigenvalue weighted by Gasteiger charge is 2.35. The van der Waals surface area contributed by atoms with Crippen LogP contribution in [0, 0.1) is 5.82 Å². The van der Waals surface area contributed by atoms with Crippen LogP contribution in [0.15, 0.2) is 41.3 Å². The van der Waals surface area contributed by atoms with Gasteiger partial charge in [0, 0.05) is 6.07 Å². The number of benzene rings is 2. The number of hydrogen-bond acceptors (Lipinski definition) is 4. The molecule has 25 heavy (non-hydrogen) atoms. The number of nitrogens with one attached hydrogen (secondary N) is 1. The SMILES string of the molecule is COc1ccc(S(=O)(=O)Nc2cccc(C(F)(F)F)c2F)cc1OC. The molecule has 0 radical (unpaired) electrons. The normalized spacial score (nSPS) is 11.9. The van der Waals surface area contributed by atoms with Gasteiger partial charge in [-0.1, -0.05) is 6.07 Å². The minimum absolute atomic E-state index is 0.0925. The molecular formula is C15H13F4NO4S. The molecule has 2 aromatic rings. The predicted molar refractivity (Wildman–Crippen MR) is 81.8 cm³/mol. The average Bonchev–Trinajstić information content (AvgIpc) is 2.54.